The van der Waals surface area contributed by atoms with Crippen molar-refractivity contribution >= 4 is 45.0 Å². The van der Waals surface area contributed by atoms with Gasteiger partial charge in [-0.25, -0.2) is 9.97 Å². The Morgan fingerprint density at radius 2 is 1.89 bits per heavy atom. The third-order valence-corrected chi connectivity index (χ3v) is 6.34. The number of carbonyl (C=O) groups is 1. The highest BCUT2D eigenvalue weighted by Gasteiger charge is 2.09. The molecule has 0 saturated heterocycles. The predicted octanol–water partition coefficient (Wildman–Crippen LogP) is 5.54. The second-order valence-corrected chi connectivity index (χ2v) is 8.31. The van der Waals surface area contributed by atoms with E-state index in [0.29, 0.717) is 11.4 Å². The van der Waals surface area contributed by atoms with Crippen LogP contribution in [0.5, 0.6) is 0 Å². The molecule has 1 amide bonds. The average Bonchev–Trinajstić information content (AvgIpc) is 3.11. The number of aryl methyl sites for hydroxylation is 1. The summed E-state index contributed by atoms with van der Waals surface area (Å²) in [7, 11) is 0. The molecule has 0 spiro atoms. The lowest BCUT2D eigenvalue weighted by atomic mass is 10.1. The Balaban J connectivity index is 1.39. The second-order valence-electron chi connectivity index (χ2n) is 6.06. The first kappa shape index (κ1) is 17.7. The van der Waals surface area contributed by atoms with E-state index in [-0.39, 0.29) is 5.91 Å². The van der Waals surface area contributed by atoms with Crippen molar-refractivity contribution in [2.24, 2.45) is 0 Å². The Kier molecular flexibility index (Phi) is 5.18. The lowest BCUT2D eigenvalue weighted by molar-refractivity contribution is 0.102. The van der Waals surface area contributed by atoms with Crippen LogP contribution in [0.15, 0.2) is 71.2 Å². The van der Waals surface area contributed by atoms with Gasteiger partial charge in [-0.1, -0.05) is 42.1 Å². The molecule has 0 unspecified atom stereocenters. The van der Waals surface area contributed by atoms with Crippen LogP contribution in [0.4, 0.5) is 5.82 Å². The molecule has 2 aromatic heterocycles. The van der Waals surface area contributed by atoms with Gasteiger partial charge < -0.3 is 5.32 Å². The summed E-state index contributed by atoms with van der Waals surface area (Å²) in [4.78, 5) is 21.2. The van der Waals surface area contributed by atoms with Gasteiger partial charge in [0.2, 0.25) is 0 Å². The number of nitrogens with zero attached hydrogens (tertiary/aromatic N) is 2. The van der Waals surface area contributed by atoms with Gasteiger partial charge in [-0.15, -0.1) is 11.3 Å². The molecule has 4 rings (SSSR count). The summed E-state index contributed by atoms with van der Waals surface area (Å²) in [5, 5.41) is 2.86. The highest BCUT2D eigenvalue weighted by atomic mass is 32.2. The lowest BCUT2D eigenvalue weighted by Crippen LogP contribution is -2.13. The molecule has 27 heavy (non-hydrogen) atoms. The number of para-hydroxylation sites is 1. The molecule has 0 aliphatic rings. The summed E-state index contributed by atoms with van der Waals surface area (Å²) in [5.41, 5.74) is 3.76. The zero-order valence-electron chi connectivity index (χ0n) is 14.7. The molecule has 0 fully saturated rings. The van der Waals surface area contributed by atoms with Crippen LogP contribution >= 0.6 is 23.1 Å². The molecule has 0 atom stereocenters. The van der Waals surface area contributed by atoms with Crippen molar-refractivity contribution in [2.75, 3.05) is 5.32 Å². The van der Waals surface area contributed by atoms with E-state index < -0.39 is 0 Å². The number of thioether (sulfide) groups is 1. The van der Waals surface area contributed by atoms with Crippen LogP contribution in [0, 0.1) is 6.92 Å². The fourth-order valence-corrected chi connectivity index (χ4v) is 4.63. The fourth-order valence-electron chi connectivity index (χ4n) is 2.61. The van der Waals surface area contributed by atoms with E-state index >= 15 is 0 Å². The molecule has 6 heteroatoms. The van der Waals surface area contributed by atoms with E-state index in [1.54, 1.807) is 29.3 Å². The molecule has 2 aromatic carbocycles. The van der Waals surface area contributed by atoms with Crippen molar-refractivity contribution in [3.05, 3.63) is 83.6 Å². The number of pyridine rings is 1. The van der Waals surface area contributed by atoms with Gasteiger partial charge >= 0.3 is 0 Å². The maximum absolute atomic E-state index is 12.4. The number of hydrogen-bond acceptors (Lipinski definition) is 5. The Labute approximate surface area is 165 Å². The summed E-state index contributed by atoms with van der Waals surface area (Å²) in [5.74, 6) is 1.27. The summed E-state index contributed by atoms with van der Waals surface area (Å²) < 4.78 is 2.26. The molecule has 0 radical (unpaired) electrons. The Bertz CT molecular complexity index is 1060. The number of rotatable bonds is 5. The molecule has 1 N–H and O–H groups in total. The van der Waals surface area contributed by atoms with E-state index in [2.05, 4.69) is 21.4 Å². The van der Waals surface area contributed by atoms with E-state index in [1.165, 1.54) is 4.70 Å². The quantitative estimate of drug-likeness (QED) is 0.454. The zero-order valence-corrected chi connectivity index (χ0v) is 16.3. The molecule has 2 heterocycles. The maximum Gasteiger partial charge on any atom is 0.256 e. The van der Waals surface area contributed by atoms with E-state index in [1.807, 2.05) is 61.5 Å². The van der Waals surface area contributed by atoms with Gasteiger partial charge in [0.15, 0.2) is 4.34 Å². The van der Waals surface area contributed by atoms with E-state index in [4.69, 9.17) is 0 Å². The monoisotopic (exact) mass is 391 g/mol. The minimum Gasteiger partial charge on any atom is -0.306 e. The SMILES string of the molecule is Cc1cccnc1NC(=O)c1ccc(CSc2nc3ccccc3s2)cc1. The van der Waals surface area contributed by atoms with Gasteiger partial charge in [0.1, 0.15) is 5.82 Å². The van der Waals surface area contributed by atoms with Crippen molar-refractivity contribution in [3.8, 4) is 0 Å². The normalized spacial score (nSPS) is 10.9. The van der Waals surface area contributed by atoms with E-state index in [0.717, 1.165) is 26.7 Å². The minimum absolute atomic E-state index is 0.151. The lowest BCUT2D eigenvalue weighted by Gasteiger charge is -2.07. The van der Waals surface area contributed by atoms with Crippen LogP contribution in [-0.2, 0) is 5.75 Å². The number of anilines is 1. The molecule has 0 aliphatic carbocycles. The van der Waals surface area contributed by atoms with Gasteiger partial charge in [-0.05, 0) is 48.4 Å². The van der Waals surface area contributed by atoms with Gasteiger partial charge in [0.25, 0.3) is 5.91 Å². The van der Waals surface area contributed by atoms with Gasteiger partial charge in [0, 0.05) is 17.5 Å². The largest absolute Gasteiger partial charge is 0.306 e. The topological polar surface area (TPSA) is 54.9 Å². The minimum atomic E-state index is -0.151. The zero-order chi connectivity index (χ0) is 18.6. The van der Waals surface area contributed by atoms with Crippen LogP contribution in [0.1, 0.15) is 21.5 Å². The highest BCUT2D eigenvalue weighted by Crippen LogP contribution is 2.31. The van der Waals surface area contributed by atoms with Crippen molar-refractivity contribution < 1.29 is 4.79 Å². The van der Waals surface area contributed by atoms with Crippen LogP contribution in [-0.4, -0.2) is 15.9 Å². The third kappa shape index (κ3) is 4.18. The molecule has 134 valence electrons. The molecule has 0 aliphatic heterocycles. The second kappa shape index (κ2) is 7.90. The Morgan fingerprint density at radius 3 is 2.67 bits per heavy atom. The Morgan fingerprint density at radius 1 is 1.07 bits per heavy atom. The number of benzene rings is 2. The van der Waals surface area contributed by atoms with Crippen LogP contribution < -0.4 is 5.32 Å². The van der Waals surface area contributed by atoms with Crippen molar-refractivity contribution in [3.63, 3.8) is 0 Å². The molecule has 4 nitrogen and oxygen atoms in total. The molecule has 0 bridgehead atoms. The van der Waals surface area contributed by atoms with Gasteiger partial charge in [-0.2, -0.15) is 0 Å². The number of carbonyl (C=O) groups excluding carboxylic acids is 1. The van der Waals surface area contributed by atoms with Gasteiger partial charge in [0.05, 0.1) is 10.2 Å². The van der Waals surface area contributed by atoms with Crippen molar-refractivity contribution in [1.82, 2.24) is 9.97 Å². The number of amides is 1. The first-order valence-corrected chi connectivity index (χ1v) is 10.3. The maximum atomic E-state index is 12.4. The van der Waals surface area contributed by atoms with E-state index in [9.17, 15) is 4.79 Å². The Hall–Kier alpha value is -2.70. The number of hydrogen-bond donors (Lipinski definition) is 1. The van der Waals surface area contributed by atoms with Crippen LogP contribution in [0.2, 0.25) is 0 Å². The van der Waals surface area contributed by atoms with Crippen molar-refractivity contribution in [2.45, 2.75) is 17.0 Å². The molecular formula is C21H17N3OS2. The first-order valence-electron chi connectivity index (χ1n) is 8.49. The summed E-state index contributed by atoms with van der Waals surface area (Å²) in [6, 6.07) is 19.6. The van der Waals surface area contributed by atoms with Gasteiger partial charge in [-0.3, -0.25) is 4.79 Å². The number of nitrogens with one attached hydrogen (secondary N) is 1. The molecule has 0 saturated carbocycles. The highest BCUT2D eigenvalue weighted by molar-refractivity contribution is 8.00. The summed E-state index contributed by atoms with van der Waals surface area (Å²) in [6.45, 7) is 1.92. The standard InChI is InChI=1S/C21H17N3OS2/c1-14-5-4-12-22-19(14)24-20(25)16-10-8-15(9-11-16)13-26-21-23-17-6-2-3-7-18(17)27-21/h2-12H,13H2,1H3,(H,22,24,25). The fraction of sp³-hybridized carbons (Fsp3) is 0.0952. The molecular weight excluding hydrogens is 374 g/mol. The smallest absolute Gasteiger partial charge is 0.256 e. The average molecular weight is 392 g/mol. The van der Waals surface area contributed by atoms with Crippen LogP contribution in [0.25, 0.3) is 10.2 Å². The summed E-state index contributed by atoms with van der Waals surface area (Å²) in [6.07, 6.45) is 1.67. The predicted molar refractivity (Wildman–Crippen MR) is 113 cm³/mol. The third-order valence-electron chi connectivity index (χ3n) is 4.09. The van der Waals surface area contributed by atoms with Crippen LogP contribution in [0.3, 0.4) is 0 Å². The van der Waals surface area contributed by atoms with Crippen molar-refractivity contribution in [1.29, 1.82) is 0 Å². The number of aromatic nitrogens is 2. The summed E-state index contributed by atoms with van der Waals surface area (Å²) >= 11 is 3.42. The molecule has 4 aromatic rings. The number of thiazole rings is 1. The number of fused-ring (bicyclic) bond motifs is 1. The first-order chi connectivity index (χ1) is 13.2.